The number of carbonyl (C=O) groups excluding carboxylic acids is 1. The molecule has 0 radical (unpaired) electrons. The van der Waals surface area contributed by atoms with Crippen molar-refractivity contribution in [2.75, 3.05) is 13.1 Å². The van der Waals surface area contributed by atoms with Crippen LogP contribution in [0.2, 0.25) is 0 Å². The molecule has 0 spiro atoms. The zero-order chi connectivity index (χ0) is 16.2. The summed E-state index contributed by atoms with van der Waals surface area (Å²) in [6, 6.07) is 0.354. The molecule has 5 heteroatoms. The molecule has 4 nitrogen and oxygen atoms in total. The monoisotopic (exact) mass is 323 g/mol. The number of rotatable bonds is 5. The fourth-order valence-corrected chi connectivity index (χ4v) is 3.59. The van der Waals surface area contributed by atoms with E-state index in [1.165, 1.54) is 0 Å². The molecule has 2 rings (SSSR count). The van der Waals surface area contributed by atoms with Gasteiger partial charge in [-0.2, -0.15) is 0 Å². The Morgan fingerprint density at radius 3 is 2.64 bits per heavy atom. The third-order valence-corrected chi connectivity index (χ3v) is 5.13. The minimum absolute atomic E-state index is 0.196. The topological polar surface area (TPSA) is 45.2 Å². The van der Waals surface area contributed by atoms with E-state index in [1.54, 1.807) is 11.3 Å². The molecule has 1 aliphatic rings. The molecule has 0 atom stereocenters. The highest BCUT2D eigenvalue weighted by molar-refractivity contribution is 7.09. The van der Waals surface area contributed by atoms with Gasteiger partial charge in [-0.15, -0.1) is 11.3 Å². The van der Waals surface area contributed by atoms with Crippen molar-refractivity contribution in [3.63, 3.8) is 0 Å². The number of likely N-dealkylation sites (tertiary alicyclic amines) is 1. The predicted octanol–water partition coefficient (Wildman–Crippen LogP) is 3.15. The molecule has 0 aliphatic carbocycles. The number of carbonyl (C=O) groups is 1. The third-order valence-electron chi connectivity index (χ3n) is 4.31. The van der Waals surface area contributed by atoms with Crippen molar-refractivity contribution in [2.24, 2.45) is 0 Å². The van der Waals surface area contributed by atoms with Crippen LogP contribution in [0.4, 0.5) is 0 Å². The number of aryl methyl sites for hydroxylation is 2. The highest BCUT2D eigenvalue weighted by Crippen LogP contribution is 2.20. The first kappa shape index (κ1) is 17.4. The molecule has 22 heavy (non-hydrogen) atoms. The van der Waals surface area contributed by atoms with E-state index in [0.717, 1.165) is 49.5 Å². The summed E-state index contributed by atoms with van der Waals surface area (Å²) in [6.45, 7) is 10.9. The first-order valence-electron chi connectivity index (χ1n) is 8.30. The van der Waals surface area contributed by atoms with Crippen molar-refractivity contribution < 1.29 is 4.79 Å². The van der Waals surface area contributed by atoms with E-state index in [0.29, 0.717) is 12.5 Å². The average molecular weight is 324 g/mol. The lowest BCUT2D eigenvalue weighted by Crippen LogP contribution is -2.50. The number of nitrogens with one attached hydrogen (secondary N) is 1. The van der Waals surface area contributed by atoms with Gasteiger partial charge in [0.25, 0.3) is 0 Å². The molecule has 1 aromatic heterocycles. The van der Waals surface area contributed by atoms with Gasteiger partial charge >= 0.3 is 0 Å². The van der Waals surface area contributed by atoms with E-state index >= 15 is 0 Å². The van der Waals surface area contributed by atoms with Crippen LogP contribution in [0.25, 0.3) is 0 Å². The lowest BCUT2D eigenvalue weighted by Gasteiger charge is -2.41. The van der Waals surface area contributed by atoms with Crippen molar-refractivity contribution in [1.29, 1.82) is 0 Å². The number of hydrogen-bond acceptors (Lipinski definition) is 4. The second-order valence-corrected chi connectivity index (χ2v) is 8.27. The number of piperidine rings is 1. The quantitative estimate of drug-likeness (QED) is 0.905. The first-order valence-corrected chi connectivity index (χ1v) is 9.18. The van der Waals surface area contributed by atoms with Gasteiger partial charge in [0.15, 0.2) is 0 Å². The Bertz CT molecular complexity index is 484. The lowest BCUT2D eigenvalue weighted by molar-refractivity contribution is -0.122. The summed E-state index contributed by atoms with van der Waals surface area (Å²) in [6.07, 6.45) is 4.52. The van der Waals surface area contributed by atoms with Crippen LogP contribution in [0.1, 0.15) is 57.2 Å². The van der Waals surface area contributed by atoms with E-state index in [4.69, 9.17) is 0 Å². The van der Waals surface area contributed by atoms with Gasteiger partial charge in [0, 0.05) is 36.5 Å². The Kier molecular flexibility index (Phi) is 5.98. The standard InChI is InChI=1S/C17H29N3OS/c1-13-18-15(12-22-13)6-5-7-16(21)19-14-8-10-20(11-9-14)17(2,3)4/h12,14H,5-11H2,1-4H3,(H,19,21). The Morgan fingerprint density at radius 1 is 1.41 bits per heavy atom. The third kappa shape index (κ3) is 5.36. The van der Waals surface area contributed by atoms with Gasteiger partial charge < -0.3 is 5.32 Å². The minimum atomic E-state index is 0.196. The van der Waals surface area contributed by atoms with Crippen LogP contribution in [-0.4, -0.2) is 40.5 Å². The van der Waals surface area contributed by atoms with E-state index in [9.17, 15) is 4.79 Å². The van der Waals surface area contributed by atoms with Crippen molar-refractivity contribution in [1.82, 2.24) is 15.2 Å². The number of aromatic nitrogens is 1. The van der Waals surface area contributed by atoms with Crippen molar-refractivity contribution in [3.05, 3.63) is 16.1 Å². The van der Waals surface area contributed by atoms with Crippen LogP contribution in [0.15, 0.2) is 5.38 Å². The normalized spacial score (nSPS) is 17.6. The fourth-order valence-electron chi connectivity index (χ4n) is 2.95. The highest BCUT2D eigenvalue weighted by atomic mass is 32.1. The van der Waals surface area contributed by atoms with Gasteiger partial charge in [-0.25, -0.2) is 4.98 Å². The second kappa shape index (κ2) is 7.55. The Labute approximate surface area is 138 Å². The first-order chi connectivity index (χ1) is 10.3. The van der Waals surface area contributed by atoms with Crippen LogP contribution in [0.3, 0.4) is 0 Å². The van der Waals surface area contributed by atoms with Crippen molar-refractivity contribution in [3.8, 4) is 0 Å². The fraction of sp³-hybridized carbons (Fsp3) is 0.765. The number of nitrogens with zero attached hydrogens (tertiary/aromatic N) is 2. The number of amides is 1. The average Bonchev–Trinajstić information content (AvgIpc) is 2.84. The van der Waals surface area contributed by atoms with Gasteiger partial charge in [0.2, 0.25) is 5.91 Å². The van der Waals surface area contributed by atoms with E-state index in [-0.39, 0.29) is 11.4 Å². The smallest absolute Gasteiger partial charge is 0.220 e. The van der Waals surface area contributed by atoms with E-state index in [1.807, 2.05) is 6.92 Å². The van der Waals surface area contributed by atoms with Gasteiger partial charge in [0.1, 0.15) is 0 Å². The van der Waals surface area contributed by atoms with Crippen molar-refractivity contribution in [2.45, 2.75) is 71.4 Å². The zero-order valence-electron chi connectivity index (χ0n) is 14.3. The van der Waals surface area contributed by atoms with E-state index < -0.39 is 0 Å². The molecule has 1 amide bonds. The summed E-state index contributed by atoms with van der Waals surface area (Å²) >= 11 is 1.68. The summed E-state index contributed by atoms with van der Waals surface area (Å²) in [5.74, 6) is 0.196. The largest absolute Gasteiger partial charge is 0.353 e. The molecule has 0 unspecified atom stereocenters. The lowest BCUT2D eigenvalue weighted by atomic mass is 9.98. The molecule has 2 heterocycles. The Hall–Kier alpha value is -0.940. The maximum absolute atomic E-state index is 12.0. The Morgan fingerprint density at radius 2 is 2.09 bits per heavy atom. The summed E-state index contributed by atoms with van der Waals surface area (Å²) in [4.78, 5) is 19.0. The summed E-state index contributed by atoms with van der Waals surface area (Å²) in [7, 11) is 0. The van der Waals surface area contributed by atoms with Gasteiger partial charge in [0.05, 0.1) is 10.7 Å². The van der Waals surface area contributed by atoms with Crippen LogP contribution in [-0.2, 0) is 11.2 Å². The predicted molar refractivity (Wildman–Crippen MR) is 92.3 cm³/mol. The molecule has 124 valence electrons. The molecule has 0 bridgehead atoms. The van der Waals surface area contributed by atoms with Crippen LogP contribution in [0.5, 0.6) is 0 Å². The molecule has 1 aliphatic heterocycles. The van der Waals surface area contributed by atoms with Crippen LogP contribution >= 0.6 is 11.3 Å². The zero-order valence-corrected chi connectivity index (χ0v) is 15.1. The Balaban J connectivity index is 1.64. The van der Waals surface area contributed by atoms with Crippen molar-refractivity contribution >= 4 is 17.2 Å². The van der Waals surface area contributed by atoms with Gasteiger partial charge in [-0.1, -0.05) is 0 Å². The second-order valence-electron chi connectivity index (χ2n) is 7.21. The summed E-state index contributed by atoms with van der Waals surface area (Å²) < 4.78 is 0. The van der Waals surface area contributed by atoms with Crippen LogP contribution in [0, 0.1) is 6.92 Å². The minimum Gasteiger partial charge on any atom is -0.353 e. The van der Waals surface area contributed by atoms with Gasteiger partial charge in [-0.05, 0) is 53.4 Å². The molecule has 1 N–H and O–H groups in total. The maximum atomic E-state index is 12.0. The number of thiazole rings is 1. The van der Waals surface area contributed by atoms with Crippen LogP contribution < -0.4 is 5.32 Å². The molecular weight excluding hydrogens is 294 g/mol. The molecule has 1 aromatic rings. The summed E-state index contributed by atoms with van der Waals surface area (Å²) in [5, 5.41) is 6.39. The molecular formula is C17H29N3OS. The molecule has 1 saturated heterocycles. The van der Waals surface area contributed by atoms with Gasteiger partial charge in [-0.3, -0.25) is 9.69 Å². The molecule has 1 fully saturated rings. The summed E-state index contributed by atoms with van der Waals surface area (Å²) in [5.41, 5.74) is 1.36. The highest BCUT2D eigenvalue weighted by Gasteiger charge is 2.27. The van der Waals surface area contributed by atoms with E-state index in [2.05, 4.69) is 41.4 Å². The maximum Gasteiger partial charge on any atom is 0.220 e. The molecule has 0 saturated carbocycles. The SMILES string of the molecule is Cc1nc(CCCC(=O)NC2CCN(C(C)(C)C)CC2)cs1. The molecule has 0 aromatic carbocycles. The number of hydrogen-bond donors (Lipinski definition) is 1.